The highest BCUT2D eigenvalue weighted by molar-refractivity contribution is 7.91. The van der Waals surface area contributed by atoms with Crippen LogP contribution in [0.15, 0.2) is 54.6 Å². The second-order valence-corrected chi connectivity index (χ2v) is 22.0. The van der Waals surface area contributed by atoms with E-state index in [0.717, 1.165) is 6.42 Å². The first-order valence-corrected chi connectivity index (χ1v) is 24.0. The van der Waals surface area contributed by atoms with Crippen LogP contribution in [0, 0.1) is 23.6 Å². The van der Waals surface area contributed by atoms with Gasteiger partial charge in [-0.2, -0.15) is 0 Å². The van der Waals surface area contributed by atoms with Crippen molar-refractivity contribution < 1.29 is 50.9 Å². The predicted octanol–water partition coefficient (Wildman–Crippen LogP) is 6.96. The molecule has 1 saturated heterocycles. The van der Waals surface area contributed by atoms with E-state index < -0.39 is 85.6 Å². The van der Waals surface area contributed by atoms with Gasteiger partial charge in [-0.25, -0.2) is 22.6 Å². The molecule has 0 unspecified atom stereocenters. The monoisotopic (exact) mass is 919 g/mol. The zero-order valence-corrected chi connectivity index (χ0v) is 39.5. The van der Waals surface area contributed by atoms with E-state index in [1.54, 1.807) is 71.9 Å². The Labute approximate surface area is 380 Å². The van der Waals surface area contributed by atoms with Crippen LogP contribution in [-0.4, -0.2) is 95.9 Å². The number of aromatic nitrogens is 1. The molecule has 352 valence electrons. The molecule has 3 aromatic rings. The van der Waals surface area contributed by atoms with Gasteiger partial charge in [0.15, 0.2) is 11.6 Å². The lowest BCUT2D eigenvalue weighted by Crippen LogP contribution is -2.59. The number of carbonyl (C=O) groups excluding carboxylic acids is 4. The van der Waals surface area contributed by atoms with E-state index >= 15 is 9.18 Å². The zero-order chi connectivity index (χ0) is 47.2. The number of pyridine rings is 1. The van der Waals surface area contributed by atoms with E-state index in [1.165, 1.54) is 24.1 Å². The highest BCUT2D eigenvalue weighted by Crippen LogP contribution is 2.48. The molecule has 7 rings (SSSR count). The Morgan fingerprint density at radius 1 is 1.05 bits per heavy atom. The molecule has 2 aliphatic carbocycles. The summed E-state index contributed by atoms with van der Waals surface area (Å²) in [6.45, 7) is 14.1. The number of nitrogens with one attached hydrogen (secondary N) is 3. The maximum atomic E-state index is 15.4. The lowest BCUT2D eigenvalue weighted by atomic mass is 9.88. The van der Waals surface area contributed by atoms with Crippen LogP contribution in [0.2, 0.25) is 0 Å². The van der Waals surface area contributed by atoms with Gasteiger partial charge in [-0.3, -0.25) is 19.1 Å². The zero-order valence-electron chi connectivity index (χ0n) is 38.7. The molecule has 65 heavy (non-hydrogen) atoms. The second-order valence-electron chi connectivity index (χ2n) is 19.8. The molecule has 0 radical (unpaired) electrons. The van der Waals surface area contributed by atoms with Gasteiger partial charge in [-0.15, -0.1) is 0 Å². The number of allylic oxidation sites excluding steroid dienone is 1. The molecular weight excluding hydrogens is 858 g/mol. The van der Waals surface area contributed by atoms with E-state index in [9.17, 15) is 22.8 Å². The molecule has 3 N–H and O–H groups in total. The summed E-state index contributed by atoms with van der Waals surface area (Å²) in [5, 5.41) is 6.96. The number of rotatable bonds is 10. The first-order valence-electron chi connectivity index (χ1n) is 22.5. The highest BCUT2D eigenvalue weighted by Gasteiger charge is 2.63. The Kier molecular flexibility index (Phi) is 13.2. The van der Waals surface area contributed by atoms with Crippen LogP contribution in [0.3, 0.4) is 0 Å². The van der Waals surface area contributed by atoms with Crippen molar-refractivity contribution in [1.82, 2.24) is 25.2 Å². The third-order valence-corrected chi connectivity index (χ3v) is 15.0. The Bertz CT molecular complexity index is 2490. The lowest BCUT2D eigenvalue weighted by molar-refractivity contribution is -0.142. The summed E-state index contributed by atoms with van der Waals surface area (Å²) in [4.78, 5) is 63.5. The summed E-state index contributed by atoms with van der Waals surface area (Å²) < 4.78 is 66.6. The van der Waals surface area contributed by atoms with Crippen molar-refractivity contribution in [3.63, 3.8) is 0 Å². The Balaban J connectivity index is 1.27. The molecule has 3 fully saturated rings. The molecule has 17 heteroatoms. The van der Waals surface area contributed by atoms with Crippen molar-refractivity contribution in [1.29, 1.82) is 0 Å². The summed E-state index contributed by atoms with van der Waals surface area (Å²) in [7, 11) is -2.51. The van der Waals surface area contributed by atoms with Crippen LogP contribution >= 0.6 is 0 Å². The largest absolute Gasteiger partial charge is 0.497 e. The standard InChI is InChI=1S/C48H62FN5O10S/c1-27(2)62-39-17-14-30(22-36(39)49)37-23-31-21-33(61-9)15-16-35(31)42(50-37)63-34-24-38-41(55)52-48(44(57)53-65(59,60)47(8)18-19-47)25-32(48)13-11-10-12-28(3)20-29(4)40(43(56)54(38)26-34)51-45(58)64-46(5,6)7/h11,13-17,21-23,27-29,32,34,38,40H,10,12,18-20,24-26H2,1-9H3,(H,51,58)(H,52,55)(H,53,57)/b13-11-/t28-,29+,32+,34+,38-,40-,48+/m0/s1. The topological polar surface area (TPSA) is 192 Å². The van der Waals surface area contributed by atoms with Crippen LogP contribution < -0.4 is 29.6 Å². The fourth-order valence-corrected chi connectivity index (χ4v) is 10.1. The van der Waals surface area contributed by atoms with Gasteiger partial charge in [-0.1, -0.05) is 26.0 Å². The average Bonchev–Trinajstić information content (AvgIpc) is 4.10. The number of sulfonamides is 1. The third-order valence-electron chi connectivity index (χ3n) is 12.8. The maximum absolute atomic E-state index is 15.4. The maximum Gasteiger partial charge on any atom is 0.408 e. The molecule has 2 aliphatic heterocycles. The molecule has 4 amide bonds. The third kappa shape index (κ3) is 10.5. The van der Waals surface area contributed by atoms with Crippen molar-refractivity contribution in [3.8, 4) is 28.6 Å². The van der Waals surface area contributed by atoms with Crippen LogP contribution in [0.1, 0.15) is 100 Å². The van der Waals surface area contributed by atoms with Crippen molar-refractivity contribution in [3.05, 3.63) is 60.4 Å². The van der Waals surface area contributed by atoms with Crippen LogP contribution in [0.25, 0.3) is 22.0 Å². The minimum atomic E-state index is -4.05. The lowest BCUT2D eigenvalue weighted by Gasteiger charge is -2.33. The number of halogens is 1. The number of carbonyl (C=O) groups is 4. The van der Waals surface area contributed by atoms with E-state index in [0.29, 0.717) is 53.5 Å². The number of benzene rings is 2. The van der Waals surface area contributed by atoms with Crippen LogP contribution in [0.5, 0.6) is 17.4 Å². The van der Waals surface area contributed by atoms with E-state index in [2.05, 4.69) is 22.3 Å². The van der Waals surface area contributed by atoms with Gasteiger partial charge in [0, 0.05) is 23.3 Å². The Hall–Kier alpha value is -5.45. The number of methoxy groups -OCH3 is 1. The van der Waals surface area contributed by atoms with Crippen molar-refractivity contribution in [2.45, 2.75) is 141 Å². The summed E-state index contributed by atoms with van der Waals surface area (Å²) >= 11 is 0. The number of hydrogen-bond donors (Lipinski definition) is 3. The summed E-state index contributed by atoms with van der Waals surface area (Å²) in [5.74, 6) is -2.66. The quantitative estimate of drug-likeness (QED) is 0.178. The number of amides is 4. The van der Waals surface area contributed by atoms with Crippen molar-refractivity contribution in [2.24, 2.45) is 17.8 Å². The van der Waals surface area contributed by atoms with Crippen LogP contribution in [0.4, 0.5) is 9.18 Å². The summed E-state index contributed by atoms with van der Waals surface area (Å²) in [6, 6.07) is 9.29. The van der Waals surface area contributed by atoms with Gasteiger partial charge in [0.05, 0.1) is 30.2 Å². The molecule has 2 aromatic carbocycles. The van der Waals surface area contributed by atoms with E-state index in [4.69, 9.17) is 23.9 Å². The molecular formula is C48H62FN5O10S. The number of hydrogen-bond acceptors (Lipinski definition) is 11. The van der Waals surface area contributed by atoms with Crippen LogP contribution in [-0.2, 0) is 29.1 Å². The Morgan fingerprint density at radius 2 is 1.78 bits per heavy atom. The smallest absolute Gasteiger partial charge is 0.408 e. The minimum absolute atomic E-state index is 0.0600. The molecule has 4 aliphatic rings. The minimum Gasteiger partial charge on any atom is -0.497 e. The summed E-state index contributed by atoms with van der Waals surface area (Å²) in [6.07, 6.45) is 4.73. The Morgan fingerprint density at radius 3 is 2.45 bits per heavy atom. The molecule has 0 bridgehead atoms. The van der Waals surface area contributed by atoms with E-state index in [-0.39, 0.29) is 43.0 Å². The first kappa shape index (κ1) is 47.5. The SMILES string of the molecule is COc1ccc2c(O[C@@H]3C[C@H]4C(=O)N[C@]5(C(=O)NS(=O)(=O)C6(C)CC6)C[C@H]5/C=C\CC[C@H](C)C[C@@H](C)[C@H](NC(=O)OC(C)(C)C)C(=O)N4C3)nc(-c3ccc(OC(C)C)c(F)c3)cc2c1. The number of alkyl carbamates (subject to hydrolysis) is 1. The van der Waals surface area contributed by atoms with Gasteiger partial charge < -0.3 is 34.5 Å². The fraction of sp³-hybridized carbons (Fsp3) is 0.562. The van der Waals surface area contributed by atoms with Crippen molar-refractivity contribution >= 4 is 44.6 Å². The van der Waals surface area contributed by atoms with Gasteiger partial charge in [0.2, 0.25) is 27.7 Å². The van der Waals surface area contributed by atoms with Gasteiger partial charge in [0.25, 0.3) is 5.91 Å². The highest BCUT2D eigenvalue weighted by atomic mass is 32.2. The normalized spacial score (nSPS) is 27.3. The average molecular weight is 920 g/mol. The number of fused-ring (bicyclic) bond motifs is 3. The summed E-state index contributed by atoms with van der Waals surface area (Å²) in [5.41, 5.74) is -1.65. The molecule has 0 spiro atoms. The van der Waals surface area contributed by atoms with Gasteiger partial charge >= 0.3 is 6.09 Å². The molecule has 1 aromatic heterocycles. The fourth-order valence-electron chi connectivity index (χ4n) is 8.77. The second kappa shape index (κ2) is 18.1. The van der Waals surface area contributed by atoms with Gasteiger partial charge in [0.1, 0.15) is 35.1 Å². The number of ether oxygens (including phenoxy) is 4. The molecule has 15 nitrogen and oxygen atoms in total. The molecule has 3 heterocycles. The molecule has 2 saturated carbocycles. The molecule has 7 atom stereocenters. The number of nitrogens with zero attached hydrogens (tertiary/aromatic N) is 2. The van der Waals surface area contributed by atoms with Gasteiger partial charge in [-0.05, 0) is 140 Å². The first-order chi connectivity index (χ1) is 30.5. The predicted molar refractivity (Wildman–Crippen MR) is 242 cm³/mol. The van der Waals surface area contributed by atoms with Crippen molar-refractivity contribution in [2.75, 3.05) is 13.7 Å². The van der Waals surface area contributed by atoms with E-state index in [1.807, 2.05) is 19.1 Å².